The first-order valence-corrected chi connectivity index (χ1v) is 8.69. The second kappa shape index (κ2) is 7.35. The summed E-state index contributed by atoms with van der Waals surface area (Å²) in [5.41, 5.74) is 4.23. The number of fused-ring (bicyclic) bond motifs is 1. The molecule has 1 amide bonds. The number of hydrogen-bond donors (Lipinski definition) is 1. The van der Waals surface area contributed by atoms with Crippen LogP contribution in [0.3, 0.4) is 0 Å². The van der Waals surface area contributed by atoms with Crippen LogP contribution in [0.25, 0.3) is 0 Å². The third kappa shape index (κ3) is 3.74. The SMILES string of the molecule is CN(Cc1n[nH]c2c1CCCC2)C(=O)[C@@H](c1ccc(F)cc1)N(C)C. The predicted molar refractivity (Wildman–Crippen MR) is 94.5 cm³/mol. The highest BCUT2D eigenvalue weighted by molar-refractivity contribution is 5.83. The van der Waals surface area contributed by atoms with Crippen LogP contribution < -0.4 is 0 Å². The Morgan fingerprint density at radius 3 is 2.56 bits per heavy atom. The molecule has 0 radical (unpaired) electrons. The van der Waals surface area contributed by atoms with Crippen LogP contribution in [0, 0.1) is 5.82 Å². The van der Waals surface area contributed by atoms with E-state index in [1.54, 1.807) is 24.1 Å². The minimum atomic E-state index is -0.444. The van der Waals surface area contributed by atoms with Gasteiger partial charge in [-0.05, 0) is 63.0 Å². The van der Waals surface area contributed by atoms with Gasteiger partial charge in [0.25, 0.3) is 0 Å². The molecule has 1 atom stereocenters. The first-order chi connectivity index (χ1) is 12.0. The molecule has 0 saturated heterocycles. The molecule has 134 valence electrons. The number of likely N-dealkylation sites (N-methyl/N-ethyl adjacent to an activating group) is 2. The number of rotatable bonds is 5. The van der Waals surface area contributed by atoms with E-state index in [2.05, 4.69) is 10.2 Å². The fraction of sp³-hybridized carbons (Fsp3) is 0.474. The number of aromatic nitrogens is 2. The number of H-pyrrole nitrogens is 1. The molecule has 2 aromatic rings. The zero-order valence-corrected chi connectivity index (χ0v) is 15.1. The van der Waals surface area contributed by atoms with E-state index >= 15 is 0 Å². The number of carbonyl (C=O) groups is 1. The Balaban J connectivity index is 1.77. The van der Waals surface area contributed by atoms with Gasteiger partial charge in [-0.1, -0.05) is 12.1 Å². The number of nitrogens with one attached hydrogen (secondary N) is 1. The summed E-state index contributed by atoms with van der Waals surface area (Å²) in [6, 6.07) is 5.68. The quantitative estimate of drug-likeness (QED) is 0.907. The van der Waals surface area contributed by atoms with Gasteiger partial charge in [-0.3, -0.25) is 14.8 Å². The molecule has 3 rings (SSSR count). The molecule has 0 fully saturated rings. The average Bonchev–Trinajstić information content (AvgIpc) is 2.99. The molecule has 0 saturated carbocycles. The molecule has 1 aliphatic rings. The standard InChI is InChI=1S/C19H25FN4O/c1-23(2)18(13-8-10-14(20)11-9-13)19(25)24(3)12-17-15-6-4-5-7-16(15)21-22-17/h8-11,18H,4-7,12H2,1-3H3,(H,21,22)/t18-/m1/s1. The van der Waals surface area contributed by atoms with Crippen molar-refractivity contribution in [3.05, 3.63) is 52.6 Å². The highest BCUT2D eigenvalue weighted by atomic mass is 19.1. The van der Waals surface area contributed by atoms with Crippen molar-refractivity contribution >= 4 is 5.91 Å². The van der Waals surface area contributed by atoms with Gasteiger partial charge in [0.05, 0.1) is 12.2 Å². The Kier molecular flexibility index (Phi) is 5.18. The van der Waals surface area contributed by atoms with Crippen LogP contribution in [-0.4, -0.2) is 47.0 Å². The summed E-state index contributed by atoms with van der Waals surface area (Å²) in [6.45, 7) is 0.482. The molecule has 1 heterocycles. The maximum Gasteiger partial charge on any atom is 0.244 e. The molecule has 5 nitrogen and oxygen atoms in total. The van der Waals surface area contributed by atoms with Crippen LogP contribution in [0.4, 0.5) is 4.39 Å². The van der Waals surface area contributed by atoms with Crippen molar-refractivity contribution in [2.75, 3.05) is 21.1 Å². The molecule has 1 aliphatic carbocycles. The van der Waals surface area contributed by atoms with E-state index in [1.807, 2.05) is 19.0 Å². The fourth-order valence-corrected chi connectivity index (χ4v) is 3.50. The van der Waals surface area contributed by atoms with Crippen LogP contribution in [0.15, 0.2) is 24.3 Å². The zero-order valence-electron chi connectivity index (χ0n) is 15.1. The molecule has 25 heavy (non-hydrogen) atoms. The Morgan fingerprint density at radius 1 is 1.20 bits per heavy atom. The highest BCUT2D eigenvalue weighted by Crippen LogP contribution is 2.25. The zero-order chi connectivity index (χ0) is 18.0. The first kappa shape index (κ1) is 17.6. The van der Waals surface area contributed by atoms with E-state index < -0.39 is 6.04 Å². The Hall–Kier alpha value is -2.21. The molecular formula is C19H25FN4O. The van der Waals surface area contributed by atoms with E-state index in [-0.39, 0.29) is 11.7 Å². The van der Waals surface area contributed by atoms with Gasteiger partial charge in [-0.15, -0.1) is 0 Å². The Morgan fingerprint density at radius 2 is 1.88 bits per heavy atom. The third-order valence-corrected chi connectivity index (χ3v) is 4.84. The van der Waals surface area contributed by atoms with E-state index in [0.29, 0.717) is 6.54 Å². The molecule has 6 heteroatoms. The molecule has 1 aromatic carbocycles. The van der Waals surface area contributed by atoms with E-state index in [0.717, 1.165) is 24.1 Å². The van der Waals surface area contributed by atoms with E-state index in [9.17, 15) is 9.18 Å². The number of amides is 1. The number of carbonyl (C=O) groups excluding carboxylic acids is 1. The van der Waals surface area contributed by atoms with Crippen molar-refractivity contribution in [1.82, 2.24) is 20.0 Å². The molecule has 0 spiro atoms. The molecule has 0 bridgehead atoms. The average molecular weight is 344 g/mol. The lowest BCUT2D eigenvalue weighted by Gasteiger charge is -2.28. The summed E-state index contributed by atoms with van der Waals surface area (Å²) in [7, 11) is 5.51. The second-order valence-corrected chi connectivity index (χ2v) is 6.95. The van der Waals surface area contributed by atoms with Gasteiger partial charge in [0.15, 0.2) is 0 Å². The summed E-state index contributed by atoms with van der Waals surface area (Å²) in [5, 5.41) is 7.55. The largest absolute Gasteiger partial charge is 0.338 e. The van der Waals surface area contributed by atoms with Crippen LogP contribution in [0.2, 0.25) is 0 Å². The Bertz CT molecular complexity index is 738. The lowest BCUT2D eigenvalue weighted by atomic mass is 9.95. The predicted octanol–water partition coefficient (Wildman–Crippen LogP) is 2.69. The van der Waals surface area contributed by atoms with Crippen molar-refractivity contribution in [3.63, 3.8) is 0 Å². The number of aryl methyl sites for hydroxylation is 1. The van der Waals surface area contributed by atoms with Crippen LogP contribution >= 0.6 is 0 Å². The van der Waals surface area contributed by atoms with Gasteiger partial charge >= 0.3 is 0 Å². The molecule has 0 aliphatic heterocycles. The smallest absolute Gasteiger partial charge is 0.244 e. The summed E-state index contributed by atoms with van der Waals surface area (Å²) in [4.78, 5) is 16.6. The van der Waals surface area contributed by atoms with Crippen LogP contribution in [-0.2, 0) is 24.2 Å². The van der Waals surface area contributed by atoms with E-state index in [1.165, 1.54) is 36.2 Å². The molecule has 0 unspecified atom stereocenters. The number of aromatic amines is 1. The summed E-state index contributed by atoms with van der Waals surface area (Å²) in [5.74, 6) is -0.325. The maximum atomic E-state index is 13.2. The maximum absolute atomic E-state index is 13.2. The topological polar surface area (TPSA) is 52.2 Å². The lowest BCUT2D eigenvalue weighted by molar-refractivity contribution is -0.135. The van der Waals surface area contributed by atoms with Crippen molar-refractivity contribution in [3.8, 4) is 0 Å². The summed E-state index contributed by atoms with van der Waals surface area (Å²) < 4.78 is 13.2. The number of halogens is 1. The van der Waals surface area contributed by atoms with Gasteiger partial charge in [0.1, 0.15) is 11.9 Å². The molecule has 1 N–H and O–H groups in total. The number of benzene rings is 1. The van der Waals surface area contributed by atoms with Crippen LogP contribution in [0.5, 0.6) is 0 Å². The van der Waals surface area contributed by atoms with Crippen molar-refractivity contribution in [2.45, 2.75) is 38.3 Å². The van der Waals surface area contributed by atoms with E-state index in [4.69, 9.17) is 0 Å². The monoisotopic (exact) mass is 344 g/mol. The second-order valence-electron chi connectivity index (χ2n) is 6.95. The summed E-state index contributed by atoms with van der Waals surface area (Å²) in [6.07, 6.45) is 4.43. The van der Waals surface area contributed by atoms with Gasteiger partial charge in [0, 0.05) is 12.7 Å². The van der Waals surface area contributed by atoms with Gasteiger partial charge in [-0.2, -0.15) is 5.10 Å². The van der Waals surface area contributed by atoms with Crippen molar-refractivity contribution < 1.29 is 9.18 Å². The number of hydrogen-bond acceptors (Lipinski definition) is 3. The first-order valence-electron chi connectivity index (χ1n) is 8.69. The number of nitrogens with zero attached hydrogens (tertiary/aromatic N) is 3. The fourth-order valence-electron chi connectivity index (χ4n) is 3.50. The van der Waals surface area contributed by atoms with Gasteiger partial charge in [-0.25, -0.2) is 4.39 Å². The van der Waals surface area contributed by atoms with Crippen LogP contribution in [0.1, 0.15) is 41.4 Å². The van der Waals surface area contributed by atoms with Crippen molar-refractivity contribution in [1.29, 1.82) is 0 Å². The molecule has 1 aromatic heterocycles. The minimum absolute atomic E-state index is 0.0239. The lowest BCUT2D eigenvalue weighted by Crippen LogP contribution is -2.38. The molecular weight excluding hydrogens is 319 g/mol. The Labute approximate surface area is 147 Å². The summed E-state index contributed by atoms with van der Waals surface area (Å²) >= 11 is 0. The van der Waals surface area contributed by atoms with Crippen molar-refractivity contribution in [2.24, 2.45) is 0 Å². The van der Waals surface area contributed by atoms with Gasteiger partial charge in [0.2, 0.25) is 5.91 Å². The highest BCUT2D eigenvalue weighted by Gasteiger charge is 2.27. The normalized spacial score (nSPS) is 15.1. The minimum Gasteiger partial charge on any atom is -0.338 e. The van der Waals surface area contributed by atoms with Gasteiger partial charge < -0.3 is 4.90 Å². The third-order valence-electron chi connectivity index (χ3n) is 4.84.